The number of benzene rings is 3. The van der Waals surface area contributed by atoms with Crippen LogP contribution >= 0.6 is 22.9 Å². The fourth-order valence-corrected chi connectivity index (χ4v) is 4.40. The van der Waals surface area contributed by atoms with Crippen LogP contribution in [0.4, 0.5) is 10.1 Å². The SMILES string of the molecule is O=C([O-])c1ccc(-c2sccc2-c2cc([N+](=O)[O-])ccc2OCc2ccc(F)cc2Cl)cc1. The van der Waals surface area contributed by atoms with Crippen LogP contribution < -0.4 is 9.84 Å². The maximum atomic E-state index is 13.3. The van der Waals surface area contributed by atoms with Gasteiger partial charge in [-0.2, -0.15) is 0 Å². The number of carbonyl (C=O) groups excluding carboxylic acids is 1. The van der Waals surface area contributed by atoms with Gasteiger partial charge in [0.2, 0.25) is 0 Å². The van der Waals surface area contributed by atoms with Gasteiger partial charge < -0.3 is 14.6 Å². The minimum atomic E-state index is -1.28. The highest BCUT2D eigenvalue weighted by molar-refractivity contribution is 7.14. The summed E-state index contributed by atoms with van der Waals surface area (Å²) < 4.78 is 19.3. The Kier molecular flexibility index (Phi) is 6.39. The lowest BCUT2D eigenvalue weighted by Crippen LogP contribution is -2.21. The quantitative estimate of drug-likeness (QED) is 0.248. The topological polar surface area (TPSA) is 92.5 Å². The van der Waals surface area contributed by atoms with Crippen molar-refractivity contribution in [2.45, 2.75) is 6.61 Å². The van der Waals surface area contributed by atoms with Crippen molar-refractivity contribution in [1.82, 2.24) is 0 Å². The molecule has 0 saturated heterocycles. The summed E-state index contributed by atoms with van der Waals surface area (Å²) in [6, 6.07) is 16.2. The van der Waals surface area contributed by atoms with Gasteiger partial charge in [-0.05, 0) is 40.8 Å². The van der Waals surface area contributed by atoms with Crippen LogP contribution in [0.25, 0.3) is 21.6 Å². The summed E-state index contributed by atoms with van der Waals surface area (Å²) in [6.45, 7) is 0.0315. The molecule has 3 aromatic carbocycles. The van der Waals surface area contributed by atoms with Gasteiger partial charge in [-0.15, -0.1) is 11.3 Å². The third kappa shape index (κ3) is 4.87. The van der Waals surface area contributed by atoms with Crippen molar-refractivity contribution >= 4 is 34.6 Å². The first kappa shape index (κ1) is 22.4. The van der Waals surface area contributed by atoms with Crippen LogP contribution in [0.1, 0.15) is 15.9 Å². The Bertz CT molecular complexity index is 1350. The van der Waals surface area contributed by atoms with Crippen LogP contribution in [0.2, 0.25) is 5.02 Å². The van der Waals surface area contributed by atoms with Crippen LogP contribution in [0.15, 0.2) is 72.1 Å². The molecule has 6 nitrogen and oxygen atoms in total. The standard InChI is InChI=1S/C24H15ClFNO5S/c25-21-11-17(26)6-5-16(21)13-32-22-8-7-18(27(30)31)12-20(22)19-9-10-33-23(19)14-1-3-15(4-2-14)24(28)29/h1-12H,13H2,(H,28,29)/p-1. The molecule has 9 heteroatoms. The van der Waals surface area contributed by atoms with Crippen LogP contribution in [-0.2, 0) is 6.61 Å². The van der Waals surface area contributed by atoms with E-state index in [1.54, 1.807) is 12.1 Å². The maximum absolute atomic E-state index is 13.3. The molecule has 0 N–H and O–H groups in total. The Labute approximate surface area is 196 Å². The molecule has 0 atom stereocenters. The Hall–Kier alpha value is -3.75. The number of hydrogen-bond acceptors (Lipinski definition) is 6. The van der Waals surface area contributed by atoms with Crippen molar-refractivity contribution in [3.05, 3.63) is 104 Å². The average molecular weight is 483 g/mol. The first-order valence-corrected chi connectivity index (χ1v) is 10.8. The fraction of sp³-hybridized carbons (Fsp3) is 0.0417. The van der Waals surface area contributed by atoms with Crippen molar-refractivity contribution in [2.75, 3.05) is 0 Å². The van der Waals surface area contributed by atoms with Crippen molar-refractivity contribution in [1.29, 1.82) is 0 Å². The Morgan fingerprint density at radius 1 is 1.03 bits per heavy atom. The van der Waals surface area contributed by atoms with Crippen molar-refractivity contribution in [2.24, 2.45) is 0 Å². The summed E-state index contributed by atoms with van der Waals surface area (Å²) in [6.07, 6.45) is 0. The van der Waals surface area contributed by atoms with Gasteiger partial charge in [-0.3, -0.25) is 10.1 Å². The highest BCUT2D eigenvalue weighted by atomic mass is 35.5. The van der Waals surface area contributed by atoms with E-state index in [1.165, 1.54) is 59.9 Å². The highest BCUT2D eigenvalue weighted by Crippen LogP contribution is 2.42. The van der Waals surface area contributed by atoms with E-state index in [9.17, 15) is 24.4 Å². The molecule has 0 aliphatic heterocycles. The molecule has 166 valence electrons. The minimum Gasteiger partial charge on any atom is -0.545 e. The molecule has 0 amide bonds. The molecule has 0 bridgehead atoms. The Balaban J connectivity index is 1.74. The third-order valence-electron chi connectivity index (χ3n) is 4.91. The Morgan fingerprint density at radius 3 is 2.45 bits per heavy atom. The largest absolute Gasteiger partial charge is 0.545 e. The molecule has 0 spiro atoms. The van der Waals surface area contributed by atoms with E-state index < -0.39 is 16.7 Å². The van der Waals surface area contributed by atoms with Crippen LogP contribution in [0, 0.1) is 15.9 Å². The number of carbonyl (C=O) groups is 1. The molecular weight excluding hydrogens is 469 g/mol. The van der Waals surface area contributed by atoms with Gasteiger partial charge in [0.05, 0.1) is 15.9 Å². The first-order valence-electron chi connectivity index (χ1n) is 9.58. The zero-order valence-electron chi connectivity index (χ0n) is 16.8. The van der Waals surface area contributed by atoms with E-state index in [0.29, 0.717) is 22.4 Å². The number of halogens is 2. The van der Waals surface area contributed by atoms with Crippen LogP contribution in [0.5, 0.6) is 5.75 Å². The predicted octanol–water partition coefficient (Wildman–Crippen LogP) is 5.73. The van der Waals surface area contributed by atoms with E-state index >= 15 is 0 Å². The second-order valence-electron chi connectivity index (χ2n) is 6.99. The minimum absolute atomic E-state index is 0.0315. The second-order valence-corrected chi connectivity index (χ2v) is 8.31. The molecule has 1 heterocycles. The zero-order valence-corrected chi connectivity index (χ0v) is 18.4. The van der Waals surface area contributed by atoms with Gasteiger partial charge in [0.1, 0.15) is 18.2 Å². The zero-order chi connectivity index (χ0) is 23.5. The number of carboxylic acid groups (broad SMARTS) is 1. The average Bonchev–Trinajstić information content (AvgIpc) is 3.28. The number of carboxylic acids is 1. The number of nitro benzene ring substituents is 1. The molecule has 4 rings (SSSR count). The van der Waals surface area contributed by atoms with Crippen molar-refractivity contribution < 1.29 is 24.0 Å². The molecule has 0 saturated carbocycles. The molecule has 0 fully saturated rings. The molecular formula is C24H14ClFNO5S-. The molecule has 0 aliphatic carbocycles. The number of thiophene rings is 1. The summed E-state index contributed by atoms with van der Waals surface area (Å²) in [5, 5.41) is 24.5. The highest BCUT2D eigenvalue weighted by Gasteiger charge is 2.18. The number of non-ortho nitro benzene ring substituents is 1. The maximum Gasteiger partial charge on any atom is 0.270 e. The second kappa shape index (κ2) is 9.40. The van der Waals surface area contributed by atoms with Gasteiger partial charge in [0.15, 0.2) is 0 Å². The summed E-state index contributed by atoms with van der Waals surface area (Å²) in [5.74, 6) is -1.36. The van der Waals surface area contributed by atoms with Crippen LogP contribution in [0.3, 0.4) is 0 Å². The fourth-order valence-electron chi connectivity index (χ4n) is 3.26. The molecule has 0 radical (unpaired) electrons. The van der Waals surface area contributed by atoms with Gasteiger partial charge in [0, 0.05) is 33.7 Å². The van der Waals surface area contributed by atoms with Crippen molar-refractivity contribution in [3.63, 3.8) is 0 Å². The summed E-state index contributed by atoms with van der Waals surface area (Å²) in [4.78, 5) is 22.7. The third-order valence-corrected chi connectivity index (χ3v) is 6.23. The Morgan fingerprint density at radius 2 is 1.79 bits per heavy atom. The van der Waals surface area contributed by atoms with Gasteiger partial charge >= 0.3 is 0 Å². The van der Waals surface area contributed by atoms with E-state index in [2.05, 4.69) is 0 Å². The molecule has 1 aromatic heterocycles. The lowest BCUT2D eigenvalue weighted by atomic mass is 10.0. The number of aromatic carboxylic acids is 1. The van der Waals surface area contributed by atoms with E-state index in [4.69, 9.17) is 16.3 Å². The predicted molar refractivity (Wildman–Crippen MR) is 122 cm³/mol. The lowest BCUT2D eigenvalue weighted by molar-refractivity contribution is -0.384. The first-order chi connectivity index (χ1) is 15.8. The normalized spacial score (nSPS) is 10.7. The van der Waals surface area contributed by atoms with E-state index in [1.807, 2.05) is 11.4 Å². The summed E-state index contributed by atoms with van der Waals surface area (Å²) in [7, 11) is 0. The van der Waals surface area contributed by atoms with Gasteiger partial charge in [-0.1, -0.05) is 41.9 Å². The molecule has 4 aromatic rings. The smallest absolute Gasteiger partial charge is 0.270 e. The van der Waals surface area contributed by atoms with E-state index in [-0.39, 0.29) is 22.9 Å². The number of hydrogen-bond donors (Lipinski definition) is 0. The summed E-state index contributed by atoms with van der Waals surface area (Å²) in [5.41, 5.74) is 2.41. The van der Waals surface area contributed by atoms with Gasteiger partial charge in [-0.25, -0.2) is 4.39 Å². The molecule has 33 heavy (non-hydrogen) atoms. The van der Waals surface area contributed by atoms with Gasteiger partial charge in [0.25, 0.3) is 5.69 Å². The van der Waals surface area contributed by atoms with Crippen molar-refractivity contribution in [3.8, 4) is 27.3 Å². The van der Waals surface area contributed by atoms with Crippen LogP contribution in [-0.4, -0.2) is 10.9 Å². The van der Waals surface area contributed by atoms with E-state index in [0.717, 1.165) is 10.4 Å². The number of ether oxygens (including phenoxy) is 1. The number of nitrogens with zero attached hydrogens (tertiary/aromatic N) is 1. The molecule has 0 aliphatic rings. The monoisotopic (exact) mass is 482 g/mol. The number of rotatable bonds is 7. The summed E-state index contributed by atoms with van der Waals surface area (Å²) >= 11 is 7.49. The lowest BCUT2D eigenvalue weighted by Gasteiger charge is -2.13. The number of nitro groups is 1. The molecule has 0 unspecified atom stereocenters.